The van der Waals surface area contributed by atoms with Crippen molar-refractivity contribution >= 4 is 29.0 Å². The van der Waals surface area contributed by atoms with Crippen molar-refractivity contribution in [1.82, 2.24) is 4.90 Å². The Hall–Kier alpha value is -3.82. The van der Waals surface area contributed by atoms with Gasteiger partial charge in [-0.1, -0.05) is 54.6 Å². The lowest BCUT2D eigenvalue weighted by atomic mass is 10.1. The van der Waals surface area contributed by atoms with Crippen molar-refractivity contribution in [2.24, 2.45) is 0 Å². The summed E-state index contributed by atoms with van der Waals surface area (Å²) in [6.45, 7) is 2.53. The fourth-order valence-electron chi connectivity index (χ4n) is 3.32. The lowest BCUT2D eigenvalue weighted by molar-refractivity contribution is -0.123. The number of benzene rings is 3. The SMILES string of the molecule is Cc1ccccc1CN1C(=O)S/C(=C\c2ccc(OCc3ccccc3C#N)cc2)C1=O. The fourth-order valence-corrected chi connectivity index (χ4v) is 4.16. The summed E-state index contributed by atoms with van der Waals surface area (Å²) in [6, 6.07) is 24.5. The third kappa shape index (κ3) is 4.74. The number of nitrogens with zero attached hydrogens (tertiary/aromatic N) is 2. The molecule has 1 saturated heterocycles. The minimum atomic E-state index is -0.281. The summed E-state index contributed by atoms with van der Waals surface area (Å²) in [5, 5.41) is 8.91. The molecule has 3 aromatic carbocycles. The van der Waals surface area contributed by atoms with E-state index in [1.54, 1.807) is 24.3 Å². The molecule has 6 heteroatoms. The molecule has 0 aliphatic carbocycles. The first-order chi connectivity index (χ1) is 15.5. The average molecular weight is 441 g/mol. The summed E-state index contributed by atoms with van der Waals surface area (Å²) in [6.07, 6.45) is 1.72. The molecule has 3 aromatic rings. The van der Waals surface area contributed by atoms with Crippen LogP contribution < -0.4 is 4.74 Å². The van der Waals surface area contributed by atoms with Crippen LogP contribution >= 0.6 is 11.8 Å². The molecule has 0 aromatic heterocycles. The van der Waals surface area contributed by atoms with E-state index in [4.69, 9.17) is 4.74 Å². The van der Waals surface area contributed by atoms with Crippen LogP contribution in [-0.4, -0.2) is 16.0 Å². The number of ether oxygens (including phenoxy) is 1. The molecular weight excluding hydrogens is 420 g/mol. The predicted molar refractivity (Wildman–Crippen MR) is 125 cm³/mol. The van der Waals surface area contributed by atoms with Crippen molar-refractivity contribution in [2.75, 3.05) is 0 Å². The van der Waals surface area contributed by atoms with Crippen LogP contribution in [-0.2, 0) is 17.9 Å². The van der Waals surface area contributed by atoms with E-state index in [-0.39, 0.29) is 17.7 Å². The number of hydrogen-bond donors (Lipinski definition) is 0. The van der Waals surface area contributed by atoms with Crippen molar-refractivity contribution in [3.05, 3.63) is 106 Å². The molecule has 1 heterocycles. The van der Waals surface area contributed by atoms with Gasteiger partial charge < -0.3 is 4.74 Å². The number of imide groups is 1. The average Bonchev–Trinajstić information content (AvgIpc) is 3.07. The van der Waals surface area contributed by atoms with Gasteiger partial charge in [-0.25, -0.2) is 0 Å². The zero-order valence-electron chi connectivity index (χ0n) is 17.4. The standard InChI is InChI=1S/C26H20N2O3S/c1-18-6-2-3-8-21(18)16-28-25(29)24(32-26(28)30)14-19-10-12-23(13-11-19)31-17-22-9-5-4-7-20(22)15-27/h2-14H,16-17H2,1H3/b24-14-. The Labute approximate surface area is 190 Å². The summed E-state index contributed by atoms with van der Waals surface area (Å²) in [5.74, 6) is 0.374. The molecule has 0 unspecified atom stereocenters. The van der Waals surface area contributed by atoms with Gasteiger partial charge in [0.1, 0.15) is 12.4 Å². The monoisotopic (exact) mass is 440 g/mol. The Bertz CT molecular complexity index is 1240. The second-order valence-corrected chi connectivity index (χ2v) is 8.31. The van der Waals surface area contributed by atoms with Crippen LogP contribution in [0.4, 0.5) is 4.79 Å². The maximum absolute atomic E-state index is 12.8. The number of amides is 2. The summed E-state index contributed by atoms with van der Waals surface area (Å²) in [7, 11) is 0. The minimum Gasteiger partial charge on any atom is -0.489 e. The summed E-state index contributed by atoms with van der Waals surface area (Å²) >= 11 is 0.954. The molecule has 2 amide bonds. The van der Waals surface area contributed by atoms with Gasteiger partial charge in [-0.05, 0) is 59.7 Å². The predicted octanol–water partition coefficient (Wildman–Crippen LogP) is 5.68. The van der Waals surface area contributed by atoms with Crippen LogP contribution in [0.2, 0.25) is 0 Å². The number of nitriles is 1. The van der Waals surface area contributed by atoms with E-state index in [1.807, 2.05) is 61.5 Å². The first kappa shape index (κ1) is 21.4. The topological polar surface area (TPSA) is 70.4 Å². The molecule has 0 atom stereocenters. The second-order valence-electron chi connectivity index (χ2n) is 7.32. The van der Waals surface area contributed by atoms with Gasteiger partial charge in [0.15, 0.2) is 0 Å². The van der Waals surface area contributed by atoms with E-state index >= 15 is 0 Å². The van der Waals surface area contributed by atoms with Crippen LogP contribution in [0.15, 0.2) is 77.7 Å². The van der Waals surface area contributed by atoms with Crippen molar-refractivity contribution in [2.45, 2.75) is 20.1 Å². The summed E-state index contributed by atoms with van der Waals surface area (Å²) in [4.78, 5) is 26.9. The Balaban J connectivity index is 1.43. The number of thioether (sulfide) groups is 1. The maximum atomic E-state index is 12.8. The molecule has 32 heavy (non-hydrogen) atoms. The molecule has 4 rings (SSSR count). The Morgan fingerprint density at radius 2 is 1.66 bits per heavy atom. The van der Waals surface area contributed by atoms with Crippen LogP contribution in [0, 0.1) is 18.3 Å². The van der Waals surface area contributed by atoms with Gasteiger partial charge >= 0.3 is 0 Å². The highest BCUT2D eigenvalue weighted by atomic mass is 32.2. The highest BCUT2D eigenvalue weighted by molar-refractivity contribution is 8.18. The van der Waals surface area contributed by atoms with Gasteiger partial charge in [0, 0.05) is 5.56 Å². The van der Waals surface area contributed by atoms with Crippen LogP contribution in [0.5, 0.6) is 5.75 Å². The second kappa shape index (κ2) is 9.54. The van der Waals surface area contributed by atoms with E-state index < -0.39 is 0 Å². The molecule has 5 nitrogen and oxygen atoms in total. The van der Waals surface area contributed by atoms with Crippen molar-refractivity contribution in [1.29, 1.82) is 5.26 Å². The van der Waals surface area contributed by atoms with E-state index in [2.05, 4.69) is 6.07 Å². The minimum absolute atomic E-state index is 0.263. The van der Waals surface area contributed by atoms with Crippen molar-refractivity contribution in [3.8, 4) is 11.8 Å². The van der Waals surface area contributed by atoms with E-state index in [0.29, 0.717) is 22.8 Å². The molecule has 1 fully saturated rings. The van der Waals surface area contributed by atoms with E-state index in [0.717, 1.165) is 34.0 Å². The molecule has 1 aliphatic rings. The van der Waals surface area contributed by atoms with Crippen molar-refractivity contribution in [3.63, 3.8) is 0 Å². The number of rotatable bonds is 6. The summed E-state index contributed by atoms with van der Waals surface area (Å²) in [5.41, 5.74) is 4.21. The highest BCUT2D eigenvalue weighted by Crippen LogP contribution is 2.33. The largest absolute Gasteiger partial charge is 0.489 e. The molecule has 0 saturated carbocycles. The zero-order chi connectivity index (χ0) is 22.5. The number of aryl methyl sites for hydroxylation is 1. The molecule has 158 valence electrons. The van der Waals surface area contributed by atoms with Crippen LogP contribution in [0.1, 0.15) is 27.8 Å². The highest BCUT2D eigenvalue weighted by Gasteiger charge is 2.35. The normalized spacial score (nSPS) is 14.6. The fraction of sp³-hybridized carbons (Fsp3) is 0.115. The van der Waals surface area contributed by atoms with Gasteiger partial charge in [-0.3, -0.25) is 14.5 Å². The molecule has 0 bridgehead atoms. The first-order valence-corrected chi connectivity index (χ1v) is 10.9. The molecular formula is C26H20N2O3S. The van der Waals surface area contributed by atoms with E-state index in [1.165, 1.54) is 4.90 Å². The van der Waals surface area contributed by atoms with Gasteiger partial charge in [-0.15, -0.1) is 0 Å². The van der Waals surface area contributed by atoms with Crippen molar-refractivity contribution < 1.29 is 14.3 Å². The van der Waals surface area contributed by atoms with Gasteiger partial charge in [0.2, 0.25) is 0 Å². The molecule has 0 spiro atoms. The third-order valence-corrected chi connectivity index (χ3v) is 6.08. The number of carbonyl (C=O) groups is 2. The maximum Gasteiger partial charge on any atom is 0.293 e. The van der Waals surface area contributed by atoms with Gasteiger partial charge in [0.25, 0.3) is 11.1 Å². The Morgan fingerprint density at radius 3 is 2.38 bits per heavy atom. The van der Waals surface area contributed by atoms with Gasteiger partial charge in [-0.2, -0.15) is 5.26 Å². The molecule has 1 aliphatic heterocycles. The number of hydrogen-bond acceptors (Lipinski definition) is 5. The van der Waals surface area contributed by atoms with Crippen LogP contribution in [0.3, 0.4) is 0 Å². The lowest BCUT2D eigenvalue weighted by Gasteiger charge is -2.14. The summed E-state index contributed by atoms with van der Waals surface area (Å²) < 4.78 is 5.79. The first-order valence-electron chi connectivity index (χ1n) is 10.1. The molecule has 0 N–H and O–H groups in total. The quantitative estimate of drug-likeness (QED) is 0.461. The lowest BCUT2D eigenvalue weighted by Crippen LogP contribution is -2.27. The third-order valence-electron chi connectivity index (χ3n) is 5.17. The smallest absolute Gasteiger partial charge is 0.293 e. The molecule has 0 radical (unpaired) electrons. The van der Waals surface area contributed by atoms with Gasteiger partial charge in [0.05, 0.1) is 23.1 Å². The number of carbonyl (C=O) groups excluding carboxylic acids is 2. The van der Waals surface area contributed by atoms with E-state index in [9.17, 15) is 14.9 Å². The van der Waals surface area contributed by atoms with Crippen LogP contribution in [0.25, 0.3) is 6.08 Å². The zero-order valence-corrected chi connectivity index (χ0v) is 18.3. The Kier molecular flexibility index (Phi) is 6.39. The Morgan fingerprint density at radius 1 is 0.969 bits per heavy atom.